The molecule has 0 atom stereocenters. The maximum absolute atomic E-state index is 12.1. The minimum absolute atomic E-state index is 0.202. The highest BCUT2D eigenvalue weighted by Crippen LogP contribution is 2.24. The second-order valence-corrected chi connectivity index (χ2v) is 5.70. The van der Waals surface area contributed by atoms with Gasteiger partial charge in [0.1, 0.15) is 23.7 Å². The molecule has 0 bridgehead atoms. The predicted octanol–water partition coefficient (Wildman–Crippen LogP) is 1.47. The van der Waals surface area contributed by atoms with Crippen molar-refractivity contribution in [1.29, 1.82) is 0 Å². The van der Waals surface area contributed by atoms with E-state index >= 15 is 0 Å². The lowest BCUT2D eigenvalue weighted by atomic mass is 10.1. The van der Waals surface area contributed by atoms with Crippen LogP contribution >= 0.6 is 0 Å². The normalized spacial score (nSPS) is 11.3. The average molecular weight is 353 g/mol. The first-order chi connectivity index (χ1) is 12.6. The first kappa shape index (κ1) is 16.0. The van der Waals surface area contributed by atoms with Gasteiger partial charge in [-0.3, -0.25) is 4.79 Å². The van der Waals surface area contributed by atoms with E-state index in [0.717, 1.165) is 16.7 Å². The first-order valence-corrected chi connectivity index (χ1v) is 7.77. The molecule has 2 aliphatic heterocycles. The van der Waals surface area contributed by atoms with E-state index in [9.17, 15) is 9.59 Å². The molecule has 0 amide bonds. The van der Waals surface area contributed by atoms with Crippen molar-refractivity contribution in [3.8, 4) is 16.9 Å². The molecule has 0 spiro atoms. The van der Waals surface area contributed by atoms with Crippen molar-refractivity contribution in [3.05, 3.63) is 52.3 Å². The summed E-state index contributed by atoms with van der Waals surface area (Å²) in [5.41, 5.74) is 2.77. The van der Waals surface area contributed by atoms with Crippen LogP contribution in [0, 0.1) is 0 Å². The summed E-state index contributed by atoms with van der Waals surface area (Å²) in [5, 5.41) is 6.28. The SMILES string of the molecule is COCc1nc2ccc(-n3cc(C(=O)OC)c4n[nH]c(=O)c-4c3)cc2[nH]1. The van der Waals surface area contributed by atoms with Gasteiger partial charge in [0.05, 0.1) is 23.7 Å². The second kappa shape index (κ2) is 6.12. The van der Waals surface area contributed by atoms with Crippen molar-refractivity contribution in [1.82, 2.24) is 24.7 Å². The largest absolute Gasteiger partial charge is 0.465 e. The molecule has 1 aromatic heterocycles. The van der Waals surface area contributed by atoms with Crippen molar-refractivity contribution in [2.24, 2.45) is 0 Å². The number of aromatic nitrogens is 5. The Morgan fingerprint density at radius 2 is 2.12 bits per heavy atom. The van der Waals surface area contributed by atoms with Crippen molar-refractivity contribution in [2.75, 3.05) is 14.2 Å². The third kappa shape index (κ3) is 2.54. The van der Waals surface area contributed by atoms with Crippen LogP contribution in [0.4, 0.5) is 0 Å². The fourth-order valence-corrected chi connectivity index (χ4v) is 2.86. The summed E-state index contributed by atoms with van der Waals surface area (Å²) in [7, 11) is 2.88. The van der Waals surface area contributed by atoms with Crippen molar-refractivity contribution in [2.45, 2.75) is 6.61 Å². The lowest BCUT2D eigenvalue weighted by Gasteiger charge is -2.11. The molecule has 4 rings (SSSR count). The third-order valence-electron chi connectivity index (χ3n) is 4.06. The highest BCUT2D eigenvalue weighted by atomic mass is 16.5. The van der Waals surface area contributed by atoms with E-state index < -0.39 is 5.97 Å². The van der Waals surface area contributed by atoms with E-state index in [4.69, 9.17) is 9.47 Å². The van der Waals surface area contributed by atoms with Crippen LogP contribution in [0.25, 0.3) is 28.0 Å². The molecule has 26 heavy (non-hydrogen) atoms. The molecule has 9 heteroatoms. The van der Waals surface area contributed by atoms with Gasteiger partial charge in [-0.25, -0.2) is 14.9 Å². The topological polar surface area (TPSA) is 115 Å². The van der Waals surface area contributed by atoms with E-state index in [0.29, 0.717) is 18.0 Å². The molecule has 0 saturated carbocycles. The van der Waals surface area contributed by atoms with E-state index in [-0.39, 0.29) is 16.8 Å². The Morgan fingerprint density at radius 3 is 2.88 bits per heavy atom. The zero-order valence-corrected chi connectivity index (χ0v) is 14.1. The number of aromatic amines is 2. The number of esters is 1. The third-order valence-corrected chi connectivity index (χ3v) is 4.06. The average Bonchev–Trinajstić information content (AvgIpc) is 3.23. The quantitative estimate of drug-likeness (QED) is 0.537. The van der Waals surface area contributed by atoms with Gasteiger partial charge in [-0.05, 0) is 18.2 Å². The maximum Gasteiger partial charge on any atom is 0.341 e. The van der Waals surface area contributed by atoms with Gasteiger partial charge in [-0.15, -0.1) is 0 Å². The molecule has 2 aromatic rings. The minimum atomic E-state index is -0.569. The first-order valence-electron chi connectivity index (χ1n) is 7.77. The molecule has 9 nitrogen and oxygen atoms in total. The molecular formula is C17H15N5O4. The number of pyridine rings is 1. The number of carbonyl (C=O) groups excluding carboxylic acids is 1. The number of fused-ring (bicyclic) bond motifs is 2. The maximum atomic E-state index is 12.1. The number of ether oxygens (including phenoxy) is 2. The van der Waals surface area contributed by atoms with E-state index in [1.807, 2.05) is 18.2 Å². The molecule has 1 aromatic carbocycles. The Morgan fingerprint density at radius 1 is 1.27 bits per heavy atom. The molecular weight excluding hydrogens is 338 g/mol. The van der Waals surface area contributed by atoms with Crippen LogP contribution in [0.3, 0.4) is 0 Å². The Kier molecular flexibility index (Phi) is 3.77. The molecule has 0 unspecified atom stereocenters. The molecule has 0 aliphatic carbocycles. The Hall–Kier alpha value is -3.46. The van der Waals surface area contributed by atoms with Crippen molar-refractivity contribution >= 4 is 17.0 Å². The van der Waals surface area contributed by atoms with Crippen LogP contribution in [-0.4, -0.2) is 44.9 Å². The smallest absolute Gasteiger partial charge is 0.341 e. The molecule has 0 radical (unpaired) electrons. The highest BCUT2D eigenvalue weighted by Gasteiger charge is 2.22. The van der Waals surface area contributed by atoms with Crippen LogP contribution in [-0.2, 0) is 16.1 Å². The number of rotatable bonds is 4. The summed E-state index contributed by atoms with van der Waals surface area (Å²) in [5.74, 6) is 0.146. The zero-order chi connectivity index (χ0) is 18.3. The lowest BCUT2D eigenvalue weighted by Crippen LogP contribution is -2.11. The summed E-state index contributed by atoms with van der Waals surface area (Å²) < 4.78 is 11.6. The van der Waals surface area contributed by atoms with Crippen LogP contribution in [0.2, 0.25) is 0 Å². The summed E-state index contributed by atoms with van der Waals surface area (Å²) in [6.07, 6.45) is 3.21. The van der Waals surface area contributed by atoms with E-state index in [1.165, 1.54) is 7.11 Å². The number of hydrogen-bond acceptors (Lipinski definition) is 6. The number of H-pyrrole nitrogens is 2. The predicted molar refractivity (Wildman–Crippen MR) is 92.5 cm³/mol. The Bertz CT molecular complexity index is 1140. The number of nitrogens with one attached hydrogen (secondary N) is 2. The number of nitrogens with zero attached hydrogens (tertiary/aromatic N) is 3. The van der Waals surface area contributed by atoms with Gasteiger partial charge in [0, 0.05) is 25.2 Å². The lowest BCUT2D eigenvalue weighted by molar-refractivity contribution is 0.0600. The Balaban J connectivity index is 1.89. The summed E-state index contributed by atoms with van der Waals surface area (Å²) in [6.45, 7) is 0.379. The van der Waals surface area contributed by atoms with Crippen LogP contribution in [0.1, 0.15) is 16.2 Å². The standard InChI is InChI=1S/C17H15N5O4/c1-25-8-14-18-12-4-3-9(5-13(12)19-14)22-6-10-15(20-21-16(10)23)11(7-22)17(24)26-2/h3-7H,8H2,1-2H3,(H,18,19)(H,21,23). The zero-order valence-electron chi connectivity index (χ0n) is 14.1. The van der Waals surface area contributed by atoms with Gasteiger partial charge in [0.25, 0.3) is 5.56 Å². The number of hydrogen-bond donors (Lipinski definition) is 2. The van der Waals surface area contributed by atoms with Gasteiger partial charge < -0.3 is 19.0 Å². The van der Waals surface area contributed by atoms with E-state index in [2.05, 4.69) is 20.2 Å². The van der Waals surface area contributed by atoms with Crippen LogP contribution in [0.15, 0.2) is 35.4 Å². The van der Waals surface area contributed by atoms with Crippen molar-refractivity contribution in [3.63, 3.8) is 0 Å². The van der Waals surface area contributed by atoms with Crippen LogP contribution < -0.4 is 5.56 Å². The molecule has 3 heterocycles. The number of benzene rings is 1. The molecule has 2 N–H and O–H groups in total. The Labute approximate surface area is 146 Å². The van der Waals surface area contributed by atoms with Gasteiger partial charge in [-0.1, -0.05) is 0 Å². The summed E-state index contributed by atoms with van der Waals surface area (Å²) in [6, 6.07) is 5.57. The van der Waals surface area contributed by atoms with Gasteiger partial charge in [-0.2, -0.15) is 5.10 Å². The van der Waals surface area contributed by atoms with Crippen LogP contribution in [0.5, 0.6) is 0 Å². The highest BCUT2D eigenvalue weighted by molar-refractivity contribution is 5.96. The monoisotopic (exact) mass is 353 g/mol. The number of methoxy groups -OCH3 is 2. The van der Waals surface area contributed by atoms with E-state index in [1.54, 1.807) is 24.1 Å². The molecule has 2 aliphatic rings. The second-order valence-electron chi connectivity index (χ2n) is 5.70. The minimum Gasteiger partial charge on any atom is -0.465 e. The van der Waals surface area contributed by atoms with Crippen molar-refractivity contribution < 1.29 is 14.3 Å². The summed E-state index contributed by atoms with van der Waals surface area (Å²) >= 11 is 0. The molecule has 132 valence electrons. The van der Waals surface area contributed by atoms with Gasteiger partial charge in [0.15, 0.2) is 0 Å². The summed E-state index contributed by atoms with van der Waals surface area (Å²) in [4.78, 5) is 31.7. The van der Waals surface area contributed by atoms with Gasteiger partial charge >= 0.3 is 5.97 Å². The number of imidazole rings is 1. The molecule has 0 saturated heterocycles. The number of carbonyl (C=O) groups is 1. The fourth-order valence-electron chi connectivity index (χ4n) is 2.86. The molecule has 0 fully saturated rings. The van der Waals surface area contributed by atoms with Gasteiger partial charge in [0.2, 0.25) is 0 Å². The fraction of sp³-hybridized carbons (Fsp3) is 0.176.